The van der Waals surface area contributed by atoms with Gasteiger partial charge < -0.3 is 14.2 Å². The lowest BCUT2D eigenvalue weighted by atomic mass is 10.2. The fourth-order valence-electron chi connectivity index (χ4n) is 2.41. The van der Waals surface area contributed by atoms with E-state index in [2.05, 4.69) is 22.1 Å². The zero-order valence-electron chi connectivity index (χ0n) is 12.4. The van der Waals surface area contributed by atoms with Gasteiger partial charge in [-0.2, -0.15) is 0 Å². The van der Waals surface area contributed by atoms with E-state index in [1.54, 1.807) is 11.9 Å². The van der Waals surface area contributed by atoms with Crippen LogP contribution in [0, 0.1) is 0 Å². The van der Waals surface area contributed by atoms with Gasteiger partial charge in [0.1, 0.15) is 0 Å². The van der Waals surface area contributed by atoms with Gasteiger partial charge in [0, 0.05) is 26.1 Å². The van der Waals surface area contributed by atoms with Gasteiger partial charge in [-0.3, -0.25) is 4.79 Å². The highest BCUT2D eigenvalue weighted by atomic mass is 16.4. The molecule has 6 heteroatoms. The third-order valence-electron chi connectivity index (χ3n) is 3.68. The Labute approximate surface area is 119 Å². The second kappa shape index (κ2) is 6.65. The second-order valence-electron chi connectivity index (χ2n) is 5.24. The lowest BCUT2D eigenvalue weighted by Crippen LogP contribution is -2.39. The van der Waals surface area contributed by atoms with Gasteiger partial charge >= 0.3 is 11.8 Å². The SMILES string of the molecule is C/C=C/Cc1nnc(C(=O)N(C)C[C@H]2CCCN2C)o1. The molecular weight excluding hydrogens is 256 g/mol. The molecule has 0 unspecified atom stereocenters. The predicted octanol–water partition coefficient (Wildman–Crippen LogP) is 1.35. The van der Waals surface area contributed by atoms with Gasteiger partial charge in [0.2, 0.25) is 5.89 Å². The molecule has 1 aromatic heterocycles. The van der Waals surface area contributed by atoms with Crippen molar-refractivity contribution in [3.05, 3.63) is 23.9 Å². The molecule has 0 N–H and O–H groups in total. The summed E-state index contributed by atoms with van der Waals surface area (Å²) in [6, 6.07) is 0.425. The van der Waals surface area contributed by atoms with Crippen LogP contribution < -0.4 is 0 Å². The molecule has 1 fully saturated rings. The highest BCUT2D eigenvalue weighted by molar-refractivity contribution is 5.89. The van der Waals surface area contributed by atoms with E-state index < -0.39 is 0 Å². The van der Waals surface area contributed by atoms with Gasteiger partial charge in [0.15, 0.2) is 0 Å². The van der Waals surface area contributed by atoms with E-state index in [1.165, 1.54) is 6.42 Å². The van der Waals surface area contributed by atoms with Gasteiger partial charge in [-0.05, 0) is 33.4 Å². The molecule has 20 heavy (non-hydrogen) atoms. The number of nitrogens with zero attached hydrogens (tertiary/aromatic N) is 4. The van der Waals surface area contributed by atoms with Crippen molar-refractivity contribution in [3.8, 4) is 0 Å². The Morgan fingerprint density at radius 3 is 3.00 bits per heavy atom. The highest BCUT2D eigenvalue weighted by Gasteiger charge is 2.26. The molecule has 1 saturated heterocycles. The number of rotatable bonds is 5. The van der Waals surface area contributed by atoms with Crippen LogP contribution in [0.15, 0.2) is 16.6 Å². The monoisotopic (exact) mass is 278 g/mol. The minimum absolute atomic E-state index is 0.0765. The molecule has 1 aliphatic heterocycles. The average Bonchev–Trinajstić information content (AvgIpc) is 3.05. The van der Waals surface area contributed by atoms with Gasteiger partial charge in [0.25, 0.3) is 0 Å². The van der Waals surface area contributed by atoms with Gasteiger partial charge in [-0.15, -0.1) is 10.2 Å². The van der Waals surface area contributed by atoms with Crippen LogP contribution in [0.5, 0.6) is 0 Å². The van der Waals surface area contributed by atoms with Gasteiger partial charge in [-0.25, -0.2) is 0 Å². The molecule has 0 spiro atoms. The first-order valence-electron chi connectivity index (χ1n) is 7.01. The van der Waals surface area contributed by atoms with E-state index in [4.69, 9.17) is 4.42 Å². The molecule has 1 atom stereocenters. The average molecular weight is 278 g/mol. The number of likely N-dealkylation sites (tertiary alicyclic amines) is 1. The maximum atomic E-state index is 12.2. The molecule has 0 aliphatic carbocycles. The zero-order valence-corrected chi connectivity index (χ0v) is 12.4. The highest BCUT2D eigenvalue weighted by Crippen LogP contribution is 2.16. The Bertz CT molecular complexity index is 483. The summed E-state index contributed by atoms with van der Waals surface area (Å²) in [5, 5.41) is 7.71. The van der Waals surface area contributed by atoms with Crippen molar-refractivity contribution in [2.24, 2.45) is 0 Å². The standard InChI is InChI=1S/C14H22N4O2/c1-4-5-8-12-15-16-13(20-12)14(19)18(3)10-11-7-6-9-17(11)2/h4-5,11H,6-10H2,1-3H3/b5-4+/t11-/m1/s1. The van der Waals surface area contributed by atoms with Crippen molar-refractivity contribution < 1.29 is 9.21 Å². The lowest BCUT2D eigenvalue weighted by Gasteiger charge is -2.24. The predicted molar refractivity (Wildman–Crippen MR) is 75.4 cm³/mol. The van der Waals surface area contributed by atoms with Crippen molar-refractivity contribution >= 4 is 5.91 Å². The zero-order chi connectivity index (χ0) is 14.5. The fourth-order valence-corrected chi connectivity index (χ4v) is 2.41. The number of carbonyl (C=O) groups is 1. The molecule has 1 aromatic rings. The maximum absolute atomic E-state index is 12.2. The van der Waals surface area contributed by atoms with Crippen molar-refractivity contribution in [2.45, 2.75) is 32.2 Å². The number of hydrogen-bond donors (Lipinski definition) is 0. The van der Waals surface area contributed by atoms with Crippen LogP contribution in [0.3, 0.4) is 0 Å². The van der Waals surface area contributed by atoms with Crippen LogP contribution in [0.25, 0.3) is 0 Å². The summed E-state index contributed by atoms with van der Waals surface area (Å²) in [6.45, 7) is 3.72. The minimum Gasteiger partial charge on any atom is -0.417 e. The number of hydrogen-bond acceptors (Lipinski definition) is 5. The number of allylic oxidation sites excluding steroid dienone is 2. The Morgan fingerprint density at radius 2 is 2.35 bits per heavy atom. The van der Waals surface area contributed by atoms with Crippen LogP contribution in [-0.2, 0) is 6.42 Å². The first kappa shape index (κ1) is 14.7. The molecule has 110 valence electrons. The van der Waals surface area contributed by atoms with E-state index in [9.17, 15) is 4.79 Å². The molecule has 0 saturated carbocycles. The van der Waals surface area contributed by atoms with Crippen LogP contribution in [-0.4, -0.2) is 59.1 Å². The second-order valence-corrected chi connectivity index (χ2v) is 5.24. The number of amides is 1. The van der Waals surface area contributed by atoms with E-state index in [0.717, 1.165) is 13.0 Å². The fraction of sp³-hybridized carbons (Fsp3) is 0.643. The Morgan fingerprint density at radius 1 is 1.55 bits per heavy atom. The first-order valence-corrected chi connectivity index (χ1v) is 7.01. The van der Waals surface area contributed by atoms with Crippen LogP contribution in [0.1, 0.15) is 36.3 Å². The van der Waals surface area contributed by atoms with Crippen LogP contribution >= 0.6 is 0 Å². The third-order valence-corrected chi connectivity index (χ3v) is 3.68. The van der Waals surface area contributed by atoms with Crippen molar-refractivity contribution in [3.63, 3.8) is 0 Å². The normalized spacial score (nSPS) is 19.9. The lowest BCUT2D eigenvalue weighted by molar-refractivity contribution is 0.0720. The molecule has 2 heterocycles. The molecule has 0 aromatic carbocycles. The Hall–Kier alpha value is -1.69. The molecule has 1 amide bonds. The molecule has 1 aliphatic rings. The molecular formula is C14H22N4O2. The Balaban J connectivity index is 1.94. The molecule has 2 rings (SSSR count). The van der Waals surface area contributed by atoms with E-state index in [1.807, 2.05) is 19.1 Å². The van der Waals surface area contributed by atoms with E-state index in [0.29, 0.717) is 24.9 Å². The van der Waals surface area contributed by atoms with Crippen molar-refractivity contribution in [2.75, 3.05) is 27.2 Å². The quantitative estimate of drug-likeness (QED) is 0.761. The maximum Gasteiger partial charge on any atom is 0.311 e. The Kier molecular flexibility index (Phi) is 4.89. The van der Waals surface area contributed by atoms with Gasteiger partial charge in [0.05, 0.1) is 0 Å². The summed E-state index contributed by atoms with van der Waals surface area (Å²) in [7, 11) is 3.88. The summed E-state index contributed by atoms with van der Waals surface area (Å²) < 4.78 is 5.38. The van der Waals surface area contributed by atoms with Crippen LogP contribution in [0.2, 0.25) is 0 Å². The number of carbonyl (C=O) groups excluding carboxylic acids is 1. The topological polar surface area (TPSA) is 62.5 Å². The minimum atomic E-state index is -0.204. The largest absolute Gasteiger partial charge is 0.417 e. The molecule has 0 bridgehead atoms. The third kappa shape index (κ3) is 3.45. The van der Waals surface area contributed by atoms with Crippen LogP contribution in [0.4, 0.5) is 0 Å². The summed E-state index contributed by atoms with van der Waals surface area (Å²) in [4.78, 5) is 16.2. The van der Waals surface area contributed by atoms with Crippen molar-refractivity contribution in [1.82, 2.24) is 20.0 Å². The van der Waals surface area contributed by atoms with Gasteiger partial charge in [-0.1, -0.05) is 12.2 Å². The molecule has 0 radical (unpaired) electrons. The number of aromatic nitrogens is 2. The summed E-state index contributed by atoms with van der Waals surface area (Å²) in [5.41, 5.74) is 0. The summed E-state index contributed by atoms with van der Waals surface area (Å²) >= 11 is 0. The summed E-state index contributed by atoms with van der Waals surface area (Å²) in [6.07, 6.45) is 6.71. The van der Waals surface area contributed by atoms with E-state index in [-0.39, 0.29) is 11.8 Å². The smallest absolute Gasteiger partial charge is 0.311 e. The summed E-state index contributed by atoms with van der Waals surface area (Å²) in [5.74, 6) is 0.343. The van der Waals surface area contributed by atoms with E-state index >= 15 is 0 Å². The number of likely N-dealkylation sites (N-methyl/N-ethyl adjacent to an activating group) is 2. The van der Waals surface area contributed by atoms with Crippen molar-refractivity contribution in [1.29, 1.82) is 0 Å². The molecule has 6 nitrogen and oxygen atoms in total. The first-order chi connectivity index (χ1) is 9.61.